The summed E-state index contributed by atoms with van der Waals surface area (Å²) in [5.74, 6) is 2.23. The molecular formula is C20H20Cl3NO3. The quantitative estimate of drug-likeness (QED) is 0.486. The van der Waals surface area contributed by atoms with Crippen LogP contribution in [0.1, 0.15) is 16.9 Å². The molecule has 144 valence electrons. The lowest BCUT2D eigenvalue weighted by Gasteiger charge is -2.13. The van der Waals surface area contributed by atoms with Crippen molar-refractivity contribution in [2.24, 2.45) is 0 Å². The fraction of sp³-hybridized carbons (Fsp3) is 0.200. The van der Waals surface area contributed by atoms with Gasteiger partial charge in [0.1, 0.15) is 12.4 Å². The molecule has 3 rings (SSSR count). The fourth-order valence-electron chi connectivity index (χ4n) is 2.48. The molecule has 0 aliphatic rings. The summed E-state index contributed by atoms with van der Waals surface area (Å²) < 4.78 is 16.6. The molecule has 27 heavy (non-hydrogen) atoms. The number of methoxy groups -OCH3 is 1. The Balaban J connectivity index is 0.00000261. The van der Waals surface area contributed by atoms with Crippen LogP contribution in [0.2, 0.25) is 10.0 Å². The Labute approximate surface area is 174 Å². The van der Waals surface area contributed by atoms with Crippen molar-refractivity contribution in [1.29, 1.82) is 0 Å². The topological polar surface area (TPSA) is 43.6 Å². The van der Waals surface area contributed by atoms with Crippen LogP contribution in [0.15, 0.2) is 59.2 Å². The number of halogens is 3. The lowest BCUT2D eigenvalue weighted by molar-refractivity contribution is 0.284. The third-order valence-electron chi connectivity index (χ3n) is 3.83. The Morgan fingerprint density at radius 3 is 2.56 bits per heavy atom. The van der Waals surface area contributed by atoms with Gasteiger partial charge in [-0.05, 0) is 42.0 Å². The zero-order valence-electron chi connectivity index (χ0n) is 14.7. The molecule has 0 fully saturated rings. The number of rotatable bonds is 8. The minimum atomic E-state index is 0. The molecule has 1 heterocycles. The zero-order chi connectivity index (χ0) is 18.4. The molecular weight excluding hydrogens is 409 g/mol. The van der Waals surface area contributed by atoms with Crippen LogP contribution < -0.4 is 14.8 Å². The lowest BCUT2D eigenvalue weighted by Crippen LogP contribution is -2.12. The molecule has 1 aromatic heterocycles. The number of hydrogen-bond donors (Lipinski definition) is 1. The van der Waals surface area contributed by atoms with Crippen LogP contribution in [0.25, 0.3) is 0 Å². The van der Waals surface area contributed by atoms with Gasteiger partial charge in [0, 0.05) is 22.2 Å². The normalized spacial score (nSPS) is 10.3. The maximum Gasteiger partial charge on any atom is 0.161 e. The van der Waals surface area contributed by atoms with Gasteiger partial charge in [0.15, 0.2) is 11.5 Å². The molecule has 3 aromatic rings. The van der Waals surface area contributed by atoms with E-state index in [1.165, 1.54) is 0 Å². The lowest BCUT2D eigenvalue weighted by atomic mass is 10.2. The minimum Gasteiger partial charge on any atom is -0.493 e. The minimum absolute atomic E-state index is 0. The Morgan fingerprint density at radius 1 is 1.00 bits per heavy atom. The van der Waals surface area contributed by atoms with E-state index in [1.54, 1.807) is 25.5 Å². The third kappa shape index (κ3) is 6.08. The fourth-order valence-corrected chi connectivity index (χ4v) is 2.94. The van der Waals surface area contributed by atoms with Crippen LogP contribution in [-0.2, 0) is 19.7 Å². The number of hydrogen-bond acceptors (Lipinski definition) is 4. The highest BCUT2D eigenvalue weighted by Crippen LogP contribution is 2.30. The molecule has 7 heteroatoms. The van der Waals surface area contributed by atoms with Gasteiger partial charge in [-0.25, -0.2) is 0 Å². The predicted molar refractivity (Wildman–Crippen MR) is 110 cm³/mol. The molecule has 0 saturated carbocycles. The van der Waals surface area contributed by atoms with Gasteiger partial charge >= 0.3 is 0 Å². The predicted octanol–water partition coefficient (Wildman–Crippen LogP) is 5.89. The number of benzene rings is 2. The second-order valence-electron chi connectivity index (χ2n) is 5.69. The summed E-state index contributed by atoms with van der Waals surface area (Å²) in [5.41, 5.74) is 1.95. The maximum atomic E-state index is 6.18. The molecule has 0 spiro atoms. The molecule has 0 amide bonds. The van der Waals surface area contributed by atoms with Crippen LogP contribution in [0, 0.1) is 0 Å². The monoisotopic (exact) mass is 427 g/mol. The smallest absolute Gasteiger partial charge is 0.161 e. The number of ether oxygens (including phenoxy) is 2. The van der Waals surface area contributed by atoms with Crippen LogP contribution in [0.4, 0.5) is 0 Å². The first-order valence-electron chi connectivity index (χ1n) is 8.12. The highest BCUT2D eigenvalue weighted by atomic mass is 35.5. The first-order chi connectivity index (χ1) is 12.7. The second-order valence-corrected chi connectivity index (χ2v) is 6.54. The Hall–Kier alpha value is -1.85. The molecule has 1 N–H and O–H groups in total. The van der Waals surface area contributed by atoms with E-state index >= 15 is 0 Å². The van der Waals surface area contributed by atoms with Crippen molar-refractivity contribution >= 4 is 35.6 Å². The molecule has 4 nitrogen and oxygen atoms in total. The van der Waals surface area contributed by atoms with Crippen molar-refractivity contribution in [3.8, 4) is 11.5 Å². The highest BCUT2D eigenvalue weighted by molar-refractivity contribution is 6.35. The largest absolute Gasteiger partial charge is 0.493 e. The average molecular weight is 429 g/mol. The van der Waals surface area contributed by atoms with Crippen LogP contribution in [0.3, 0.4) is 0 Å². The summed E-state index contributed by atoms with van der Waals surface area (Å²) in [7, 11) is 1.62. The Kier molecular flexibility index (Phi) is 8.32. The van der Waals surface area contributed by atoms with Crippen molar-refractivity contribution in [1.82, 2.24) is 5.32 Å². The first kappa shape index (κ1) is 21.5. The Bertz CT molecular complexity index is 854. The summed E-state index contributed by atoms with van der Waals surface area (Å²) in [5, 5.41) is 4.50. The third-order valence-corrected chi connectivity index (χ3v) is 4.42. The molecule has 0 bridgehead atoms. The summed E-state index contributed by atoms with van der Waals surface area (Å²) in [6, 6.07) is 15.0. The van der Waals surface area contributed by atoms with Crippen LogP contribution in [0.5, 0.6) is 11.5 Å². The SMILES string of the molecule is COc1cc(CNCc2ccco2)ccc1OCc1ccc(Cl)cc1Cl.Cl. The van der Waals surface area contributed by atoms with E-state index in [4.69, 9.17) is 37.1 Å². The molecule has 0 unspecified atom stereocenters. The first-order valence-corrected chi connectivity index (χ1v) is 8.88. The van der Waals surface area contributed by atoms with Gasteiger partial charge in [-0.1, -0.05) is 35.3 Å². The van der Waals surface area contributed by atoms with E-state index in [2.05, 4.69) is 5.32 Å². The van der Waals surface area contributed by atoms with E-state index < -0.39 is 0 Å². The van der Waals surface area contributed by atoms with Gasteiger partial charge < -0.3 is 19.2 Å². The summed E-state index contributed by atoms with van der Waals surface area (Å²) in [6.07, 6.45) is 1.67. The van der Waals surface area contributed by atoms with E-state index in [-0.39, 0.29) is 12.4 Å². The zero-order valence-corrected chi connectivity index (χ0v) is 17.0. The van der Waals surface area contributed by atoms with Gasteiger partial charge in [0.05, 0.1) is 19.9 Å². The summed E-state index contributed by atoms with van der Waals surface area (Å²) in [6.45, 7) is 1.70. The van der Waals surface area contributed by atoms with Crippen molar-refractivity contribution in [3.05, 3.63) is 81.7 Å². The molecule has 2 aromatic carbocycles. The highest BCUT2D eigenvalue weighted by Gasteiger charge is 2.08. The standard InChI is InChI=1S/C20H19Cl2NO3.ClH/c1-24-20-9-14(11-23-12-17-3-2-8-25-17)4-7-19(20)26-13-15-5-6-16(21)10-18(15)22;/h2-10,23H,11-13H2,1H3;1H. The number of nitrogens with one attached hydrogen (secondary N) is 1. The Morgan fingerprint density at radius 2 is 1.85 bits per heavy atom. The van der Waals surface area contributed by atoms with Gasteiger partial charge in [0.25, 0.3) is 0 Å². The van der Waals surface area contributed by atoms with Crippen LogP contribution in [-0.4, -0.2) is 7.11 Å². The van der Waals surface area contributed by atoms with E-state index in [1.807, 2.05) is 36.4 Å². The average Bonchev–Trinajstić information content (AvgIpc) is 3.15. The van der Waals surface area contributed by atoms with Crippen molar-refractivity contribution < 1.29 is 13.9 Å². The van der Waals surface area contributed by atoms with Gasteiger partial charge in [-0.2, -0.15) is 0 Å². The van der Waals surface area contributed by atoms with E-state index in [9.17, 15) is 0 Å². The van der Waals surface area contributed by atoms with Crippen molar-refractivity contribution in [3.63, 3.8) is 0 Å². The van der Waals surface area contributed by atoms with E-state index in [0.29, 0.717) is 41.2 Å². The summed E-state index contributed by atoms with van der Waals surface area (Å²) in [4.78, 5) is 0. The van der Waals surface area contributed by atoms with Gasteiger partial charge in [-0.3, -0.25) is 0 Å². The molecule has 0 aliphatic carbocycles. The van der Waals surface area contributed by atoms with Crippen molar-refractivity contribution in [2.45, 2.75) is 19.7 Å². The van der Waals surface area contributed by atoms with Crippen LogP contribution >= 0.6 is 35.6 Å². The molecule has 0 saturated heterocycles. The second kappa shape index (κ2) is 10.5. The number of furan rings is 1. The van der Waals surface area contributed by atoms with Gasteiger partial charge in [-0.15, -0.1) is 12.4 Å². The van der Waals surface area contributed by atoms with Gasteiger partial charge in [0.2, 0.25) is 0 Å². The van der Waals surface area contributed by atoms with Crippen molar-refractivity contribution in [2.75, 3.05) is 7.11 Å². The van der Waals surface area contributed by atoms with E-state index in [0.717, 1.165) is 16.9 Å². The molecule has 0 radical (unpaired) electrons. The molecule has 0 atom stereocenters. The maximum absolute atomic E-state index is 6.18. The molecule has 0 aliphatic heterocycles. The summed E-state index contributed by atoms with van der Waals surface area (Å²) >= 11 is 12.1.